The van der Waals surface area contributed by atoms with Crippen LogP contribution in [0.15, 0.2) is 12.1 Å². The molecule has 6 heteroatoms. The molecule has 0 bridgehead atoms. The van der Waals surface area contributed by atoms with E-state index in [9.17, 15) is 6.17 Å². The van der Waals surface area contributed by atoms with Gasteiger partial charge in [-0.15, -0.1) is 0 Å². The van der Waals surface area contributed by atoms with E-state index in [1.807, 2.05) is 13.8 Å². The van der Waals surface area contributed by atoms with Crippen molar-refractivity contribution < 1.29 is 24.5 Å². The molecule has 0 amide bonds. The van der Waals surface area contributed by atoms with Crippen molar-refractivity contribution in [1.29, 1.82) is 0 Å². The first-order chi connectivity index (χ1) is 15.7. The molecule has 0 aliphatic carbocycles. The summed E-state index contributed by atoms with van der Waals surface area (Å²) in [5.41, 5.74) is 7.63. The van der Waals surface area contributed by atoms with E-state index in [2.05, 4.69) is 18.7 Å². The predicted octanol–water partition coefficient (Wildman–Crippen LogP) is 3.56. The molecule has 4 atom stereocenters. The Hall–Kier alpha value is -1.79. The van der Waals surface area contributed by atoms with Crippen LogP contribution in [0.4, 0.5) is 0 Å². The Morgan fingerprint density at radius 1 is 1.30 bits per heavy atom. The van der Waals surface area contributed by atoms with Crippen LogP contribution in [0.2, 0.25) is 0 Å². The minimum atomic E-state index is -2.61. The number of hydrogen-bond acceptors (Lipinski definition) is 6. The second-order valence-electron chi connectivity index (χ2n) is 9.24. The van der Waals surface area contributed by atoms with Gasteiger partial charge in [0.15, 0.2) is 11.5 Å². The second-order valence-corrected chi connectivity index (χ2v) is 9.24. The van der Waals surface area contributed by atoms with Gasteiger partial charge in [0.2, 0.25) is 0 Å². The van der Waals surface area contributed by atoms with Crippen LogP contribution in [0, 0.1) is 17.8 Å². The van der Waals surface area contributed by atoms with Crippen LogP contribution in [0.3, 0.4) is 0 Å². The maximum absolute atomic E-state index is 12.8. The number of piperidine rings is 1. The van der Waals surface area contributed by atoms with E-state index in [4.69, 9.17) is 24.1 Å². The molecule has 1 fully saturated rings. The average molecular weight is 423 g/mol. The number of fused-ring (bicyclic) bond motifs is 3. The van der Waals surface area contributed by atoms with Gasteiger partial charge >= 0.3 is 5.97 Å². The van der Waals surface area contributed by atoms with Gasteiger partial charge in [0, 0.05) is 31.4 Å². The topological polar surface area (TPSA) is 74.0 Å². The fourth-order valence-corrected chi connectivity index (χ4v) is 4.55. The van der Waals surface area contributed by atoms with E-state index in [1.54, 1.807) is 12.1 Å². The van der Waals surface area contributed by atoms with Crippen molar-refractivity contribution in [3.05, 3.63) is 23.3 Å². The summed E-state index contributed by atoms with van der Waals surface area (Å²) < 4.78 is 48.4. The molecule has 3 unspecified atom stereocenters. The molecule has 1 saturated heterocycles. The van der Waals surface area contributed by atoms with Crippen molar-refractivity contribution >= 4 is 5.97 Å². The third-order valence-electron chi connectivity index (χ3n) is 6.25. The van der Waals surface area contributed by atoms with Gasteiger partial charge in [0.05, 0.1) is 19.6 Å². The van der Waals surface area contributed by atoms with Gasteiger partial charge < -0.3 is 19.9 Å². The minimum absolute atomic E-state index is 0.0441. The number of benzene rings is 1. The summed E-state index contributed by atoms with van der Waals surface area (Å²) in [6.45, 7) is 9.33. The molecule has 2 heterocycles. The van der Waals surface area contributed by atoms with Crippen LogP contribution in [0.1, 0.15) is 63.2 Å². The van der Waals surface area contributed by atoms with Crippen LogP contribution < -0.4 is 15.2 Å². The van der Waals surface area contributed by atoms with E-state index < -0.39 is 31.2 Å². The number of nitrogens with two attached hydrogens (primary N) is 1. The summed E-state index contributed by atoms with van der Waals surface area (Å²) in [7, 11) is -1.16. The molecule has 3 rings (SSSR count). The standard InChI is InChI=1S/C24H38N2O4/c1-14(2)9-17-13-26-8-7-16-10-21(28-5)22(29-6)11-18(16)19(26)12-20(17)30-24(27)23(25)15(3)4/h10-11,14-15,17,19-20,23H,7-9,12-13,25H2,1-6H3/t17?,19?,20?,23-/m0/s1/i5D3,19D. The largest absolute Gasteiger partial charge is 0.493 e. The normalized spacial score (nSPS) is 29.7. The summed E-state index contributed by atoms with van der Waals surface area (Å²) >= 11 is 0. The van der Waals surface area contributed by atoms with Crippen LogP contribution in [-0.2, 0) is 16.0 Å². The lowest BCUT2D eigenvalue weighted by atomic mass is 9.79. The average Bonchev–Trinajstić information content (AvgIpc) is 2.71. The van der Waals surface area contributed by atoms with Crippen molar-refractivity contribution in [3.8, 4) is 11.5 Å². The molecule has 168 valence electrons. The predicted molar refractivity (Wildman–Crippen MR) is 118 cm³/mol. The van der Waals surface area contributed by atoms with E-state index in [-0.39, 0.29) is 23.3 Å². The second kappa shape index (κ2) is 9.56. The van der Waals surface area contributed by atoms with Crippen LogP contribution in [0.25, 0.3) is 0 Å². The molecule has 2 aliphatic heterocycles. The lowest BCUT2D eigenvalue weighted by molar-refractivity contribution is -0.160. The van der Waals surface area contributed by atoms with Crippen LogP contribution in [0.5, 0.6) is 11.5 Å². The van der Waals surface area contributed by atoms with Gasteiger partial charge in [-0.3, -0.25) is 9.69 Å². The lowest BCUT2D eigenvalue weighted by Crippen LogP contribution is -2.51. The molecule has 0 aromatic heterocycles. The van der Waals surface area contributed by atoms with Crippen molar-refractivity contribution in [2.75, 3.05) is 27.2 Å². The molecule has 2 aliphatic rings. The number of methoxy groups -OCH3 is 2. The van der Waals surface area contributed by atoms with E-state index in [0.29, 0.717) is 31.8 Å². The Morgan fingerprint density at radius 2 is 2.03 bits per heavy atom. The van der Waals surface area contributed by atoms with Crippen LogP contribution in [-0.4, -0.2) is 50.3 Å². The molecule has 0 saturated carbocycles. The maximum atomic E-state index is 12.8. The number of hydrogen-bond donors (Lipinski definition) is 1. The maximum Gasteiger partial charge on any atom is 0.323 e. The van der Waals surface area contributed by atoms with Crippen LogP contribution >= 0.6 is 0 Å². The first kappa shape index (κ1) is 17.8. The van der Waals surface area contributed by atoms with Gasteiger partial charge in [-0.2, -0.15) is 0 Å². The third-order valence-corrected chi connectivity index (χ3v) is 6.25. The summed E-state index contributed by atoms with van der Waals surface area (Å²) in [5, 5.41) is 0. The highest BCUT2D eigenvalue weighted by atomic mass is 16.5. The SMILES string of the molecule is [2H]C([2H])([2H])Oc1cc2c(cc1OC)C1([2H])CC(OC(=O)[C@@H](N)C(C)C)C(CC(C)C)CN1CC2. The van der Waals surface area contributed by atoms with Gasteiger partial charge in [-0.25, -0.2) is 0 Å². The fourth-order valence-electron chi connectivity index (χ4n) is 4.55. The zero-order chi connectivity index (χ0) is 25.4. The summed E-state index contributed by atoms with van der Waals surface area (Å²) in [6, 6.07) is 1.53. The zero-order valence-corrected chi connectivity index (χ0v) is 18.7. The molecule has 1 aromatic rings. The molecule has 1 aromatic carbocycles. The van der Waals surface area contributed by atoms with Gasteiger partial charge in [-0.1, -0.05) is 27.7 Å². The Balaban J connectivity index is 1.97. The van der Waals surface area contributed by atoms with E-state index >= 15 is 0 Å². The molecule has 0 radical (unpaired) electrons. The number of carbonyl (C=O) groups excluding carboxylic acids is 1. The number of carbonyl (C=O) groups is 1. The summed E-state index contributed by atoms with van der Waals surface area (Å²) in [4.78, 5) is 14.9. The number of ether oxygens (including phenoxy) is 3. The minimum Gasteiger partial charge on any atom is -0.493 e. The Bertz CT molecular complexity index is 892. The highest BCUT2D eigenvalue weighted by Crippen LogP contribution is 2.44. The van der Waals surface area contributed by atoms with Gasteiger partial charge in [0.1, 0.15) is 12.1 Å². The molecular weight excluding hydrogens is 380 g/mol. The highest BCUT2D eigenvalue weighted by molar-refractivity contribution is 5.76. The molecule has 0 spiro atoms. The van der Waals surface area contributed by atoms with Gasteiger partial charge in [0.25, 0.3) is 0 Å². The quantitative estimate of drug-likeness (QED) is 0.677. The summed E-state index contributed by atoms with van der Waals surface area (Å²) in [6.07, 6.45) is 1.40. The Kier molecular flexibility index (Phi) is 5.69. The number of esters is 1. The van der Waals surface area contributed by atoms with Crippen molar-refractivity contribution in [2.45, 2.75) is 65.1 Å². The Morgan fingerprint density at radius 3 is 2.67 bits per heavy atom. The monoisotopic (exact) mass is 422 g/mol. The fraction of sp³-hybridized carbons (Fsp3) is 0.708. The Labute approximate surface area is 186 Å². The third kappa shape index (κ3) is 4.75. The highest BCUT2D eigenvalue weighted by Gasteiger charge is 2.41. The van der Waals surface area contributed by atoms with E-state index in [0.717, 1.165) is 17.5 Å². The summed E-state index contributed by atoms with van der Waals surface area (Å²) in [5.74, 6) is 0.447. The molecule has 6 nitrogen and oxygen atoms in total. The number of nitrogens with zero attached hydrogens (tertiary/aromatic N) is 1. The smallest absolute Gasteiger partial charge is 0.323 e. The first-order valence-electron chi connectivity index (χ1n) is 12.9. The molecule has 30 heavy (non-hydrogen) atoms. The lowest BCUT2D eigenvalue weighted by Gasteiger charge is -2.47. The molecular formula is C24H38N2O4. The number of rotatable bonds is 7. The van der Waals surface area contributed by atoms with Crippen molar-refractivity contribution in [2.24, 2.45) is 23.5 Å². The van der Waals surface area contributed by atoms with Crippen molar-refractivity contribution in [1.82, 2.24) is 4.90 Å². The van der Waals surface area contributed by atoms with Crippen molar-refractivity contribution in [3.63, 3.8) is 0 Å². The first-order valence-corrected chi connectivity index (χ1v) is 10.9. The van der Waals surface area contributed by atoms with Gasteiger partial charge in [-0.05, 0) is 47.9 Å². The van der Waals surface area contributed by atoms with E-state index in [1.165, 1.54) is 7.11 Å². The zero-order valence-electron chi connectivity index (χ0n) is 22.7. The molecule has 2 N–H and O–H groups in total.